The molecular weight excluding hydrogens is 303 g/mol. The van der Waals surface area contributed by atoms with Crippen LogP contribution in [0.2, 0.25) is 0 Å². The van der Waals surface area contributed by atoms with Crippen molar-refractivity contribution in [3.8, 4) is 0 Å². The topological polar surface area (TPSA) is 39.3 Å². The van der Waals surface area contributed by atoms with Crippen LogP contribution in [0.5, 0.6) is 0 Å². The van der Waals surface area contributed by atoms with Gasteiger partial charge in [0.25, 0.3) is 0 Å². The lowest BCUT2D eigenvalue weighted by molar-refractivity contribution is 0.0478. The van der Waals surface area contributed by atoms with Crippen LogP contribution in [0.15, 0.2) is 54.7 Å². The first-order valence-electron chi connectivity index (χ1n) is 8.41. The summed E-state index contributed by atoms with van der Waals surface area (Å²) in [6, 6.07) is 14.9. The van der Waals surface area contributed by atoms with E-state index in [1.807, 2.05) is 6.20 Å². The number of β-amino-alcohol motifs (C(OH)–C–C–N with tert-alkyl or cyclic N) is 1. The van der Waals surface area contributed by atoms with E-state index in [2.05, 4.69) is 34.1 Å². The summed E-state index contributed by atoms with van der Waals surface area (Å²) in [5, 5.41) is 11.8. The summed E-state index contributed by atoms with van der Waals surface area (Å²) in [7, 11) is 0. The third-order valence-electron chi connectivity index (χ3n) is 5.04. The number of aromatic amines is 1. The Morgan fingerprint density at radius 2 is 1.96 bits per heavy atom. The van der Waals surface area contributed by atoms with Gasteiger partial charge in [-0.05, 0) is 48.4 Å². The number of piperidine rings is 1. The highest BCUT2D eigenvalue weighted by Crippen LogP contribution is 2.30. The van der Waals surface area contributed by atoms with Crippen molar-refractivity contribution in [2.24, 2.45) is 0 Å². The fraction of sp³-hybridized carbons (Fsp3) is 0.300. The van der Waals surface area contributed by atoms with Crippen molar-refractivity contribution >= 4 is 10.9 Å². The monoisotopic (exact) mass is 324 g/mol. The molecule has 124 valence electrons. The lowest BCUT2D eigenvalue weighted by atomic mass is 9.87. The van der Waals surface area contributed by atoms with Crippen LogP contribution in [0, 0.1) is 5.82 Å². The number of rotatable bonds is 3. The van der Waals surface area contributed by atoms with E-state index in [9.17, 15) is 9.50 Å². The number of benzene rings is 2. The third-order valence-corrected chi connectivity index (χ3v) is 5.04. The smallest absolute Gasteiger partial charge is 0.123 e. The molecule has 1 aliphatic heterocycles. The summed E-state index contributed by atoms with van der Waals surface area (Å²) in [5.74, 6) is -0.143. The van der Waals surface area contributed by atoms with Crippen LogP contribution < -0.4 is 0 Å². The molecule has 1 aromatic heterocycles. The van der Waals surface area contributed by atoms with Gasteiger partial charge >= 0.3 is 0 Å². The van der Waals surface area contributed by atoms with Gasteiger partial charge in [-0.1, -0.05) is 24.3 Å². The van der Waals surface area contributed by atoms with Crippen LogP contribution in [-0.4, -0.2) is 34.2 Å². The number of aliphatic hydroxyl groups is 1. The number of H-pyrrole nitrogens is 1. The Balaban J connectivity index is 1.47. The maximum absolute atomic E-state index is 13.1. The summed E-state index contributed by atoms with van der Waals surface area (Å²) in [6.07, 6.45) is 2.43. The molecule has 2 aromatic carbocycles. The number of nitrogens with zero attached hydrogens (tertiary/aromatic N) is 1. The zero-order chi connectivity index (χ0) is 16.5. The van der Waals surface area contributed by atoms with E-state index < -0.39 is 6.10 Å². The summed E-state index contributed by atoms with van der Waals surface area (Å²) >= 11 is 0. The minimum atomic E-state index is -0.422. The van der Waals surface area contributed by atoms with Gasteiger partial charge in [0.15, 0.2) is 0 Å². The number of fused-ring (bicyclic) bond motifs is 1. The average molecular weight is 324 g/mol. The number of likely N-dealkylation sites (tertiary alicyclic amines) is 1. The van der Waals surface area contributed by atoms with E-state index in [0.717, 1.165) is 30.6 Å². The van der Waals surface area contributed by atoms with Gasteiger partial charge in [0.05, 0.1) is 6.10 Å². The van der Waals surface area contributed by atoms with Crippen molar-refractivity contribution in [3.05, 3.63) is 71.7 Å². The van der Waals surface area contributed by atoms with E-state index >= 15 is 0 Å². The number of aliphatic hydroxyl groups excluding tert-OH is 1. The Morgan fingerprint density at radius 3 is 2.75 bits per heavy atom. The molecule has 3 aromatic rings. The normalized spacial score (nSPS) is 22.1. The molecule has 1 aliphatic rings. The van der Waals surface area contributed by atoms with Crippen LogP contribution in [0.25, 0.3) is 10.9 Å². The molecule has 24 heavy (non-hydrogen) atoms. The largest absolute Gasteiger partial charge is 0.391 e. The van der Waals surface area contributed by atoms with E-state index in [-0.39, 0.29) is 11.7 Å². The molecule has 0 bridgehead atoms. The van der Waals surface area contributed by atoms with Gasteiger partial charge < -0.3 is 10.1 Å². The summed E-state index contributed by atoms with van der Waals surface area (Å²) in [6.45, 7) is 2.41. The fourth-order valence-electron chi connectivity index (χ4n) is 3.77. The predicted octanol–water partition coefficient (Wildman–Crippen LogP) is 3.66. The molecule has 1 fully saturated rings. The van der Waals surface area contributed by atoms with Crippen molar-refractivity contribution < 1.29 is 9.50 Å². The maximum atomic E-state index is 13.1. The standard InChI is InChI=1S/C20H21FN2O/c21-16-6-4-14(5-7-16)18-9-11-23(13-20(18)24)12-15-2-1-3-19-17(15)8-10-22-19/h1-8,10,18,20,22,24H,9,11-13H2/t18-,20+/m0/s1. The number of nitrogens with one attached hydrogen (secondary N) is 1. The van der Waals surface area contributed by atoms with Crippen molar-refractivity contribution in [1.82, 2.24) is 9.88 Å². The zero-order valence-corrected chi connectivity index (χ0v) is 13.5. The molecule has 0 saturated carbocycles. The minimum absolute atomic E-state index is 0.0879. The molecule has 4 rings (SSSR count). The summed E-state index contributed by atoms with van der Waals surface area (Å²) in [5.41, 5.74) is 3.45. The van der Waals surface area contributed by atoms with E-state index in [1.54, 1.807) is 12.1 Å². The SMILES string of the molecule is O[C@@H]1CN(Cc2cccc3[nH]ccc23)CC[C@H]1c1ccc(F)cc1. The van der Waals surface area contributed by atoms with Gasteiger partial charge in [0.1, 0.15) is 5.82 Å². The van der Waals surface area contributed by atoms with E-state index in [0.29, 0.717) is 6.54 Å². The first-order valence-corrected chi connectivity index (χ1v) is 8.41. The van der Waals surface area contributed by atoms with Crippen molar-refractivity contribution in [3.63, 3.8) is 0 Å². The Bertz CT molecular complexity index is 827. The first kappa shape index (κ1) is 15.4. The molecule has 0 spiro atoms. The molecule has 4 heteroatoms. The predicted molar refractivity (Wildman–Crippen MR) is 93.3 cm³/mol. The molecule has 1 saturated heterocycles. The van der Waals surface area contributed by atoms with Gasteiger partial charge in [0.2, 0.25) is 0 Å². The molecule has 2 heterocycles. The van der Waals surface area contributed by atoms with Gasteiger partial charge in [-0.3, -0.25) is 4.90 Å². The second-order valence-corrected chi connectivity index (χ2v) is 6.61. The highest BCUT2D eigenvalue weighted by atomic mass is 19.1. The quantitative estimate of drug-likeness (QED) is 0.772. The lowest BCUT2D eigenvalue weighted by Gasteiger charge is -2.36. The molecule has 0 amide bonds. The van der Waals surface area contributed by atoms with Gasteiger partial charge in [0, 0.05) is 36.1 Å². The number of hydrogen-bond donors (Lipinski definition) is 2. The number of hydrogen-bond acceptors (Lipinski definition) is 2. The van der Waals surface area contributed by atoms with Crippen LogP contribution in [-0.2, 0) is 6.54 Å². The molecule has 0 unspecified atom stereocenters. The van der Waals surface area contributed by atoms with Crippen LogP contribution >= 0.6 is 0 Å². The Kier molecular flexibility index (Phi) is 4.08. The second kappa shape index (κ2) is 6.38. The summed E-state index contributed by atoms with van der Waals surface area (Å²) < 4.78 is 13.1. The average Bonchev–Trinajstić information content (AvgIpc) is 3.06. The number of aromatic nitrogens is 1. The van der Waals surface area contributed by atoms with Gasteiger partial charge in [-0.15, -0.1) is 0 Å². The molecule has 0 aliphatic carbocycles. The minimum Gasteiger partial charge on any atom is -0.391 e. The first-order chi connectivity index (χ1) is 11.7. The Hall–Kier alpha value is -2.17. The second-order valence-electron chi connectivity index (χ2n) is 6.61. The van der Waals surface area contributed by atoms with Crippen molar-refractivity contribution in [2.45, 2.75) is 25.0 Å². The molecular formula is C20H21FN2O. The Labute approximate surface area is 140 Å². The van der Waals surface area contributed by atoms with E-state index in [1.165, 1.54) is 23.1 Å². The fourth-order valence-corrected chi connectivity index (χ4v) is 3.77. The highest BCUT2D eigenvalue weighted by molar-refractivity contribution is 5.82. The maximum Gasteiger partial charge on any atom is 0.123 e. The van der Waals surface area contributed by atoms with Gasteiger partial charge in [-0.25, -0.2) is 4.39 Å². The number of halogens is 1. The van der Waals surface area contributed by atoms with Crippen molar-refractivity contribution in [1.29, 1.82) is 0 Å². The molecule has 2 N–H and O–H groups in total. The molecule has 3 nitrogen and oxygen atoms in total. The summed E-state index contributed by atoms with van der Waals surface area (Å²) in [4.78, 5) is 5.54. The molecule has 0 radical (unpaired) electrons. The zero-order valence-electron chi connectivity index (χ0n) is 13.5. The van der Waals surface area contributed by atoms with Gasteiger partial charge in [-0.2, -0.15) is 0 Å². The highest BCUT2D eigenvalue weighted by Gasteiger charge is 2.29. The Morgan fingerprint density at radius 1 is 1.12 bits per heavy atom. The van der Waals surface area contributed by atoms with Crippen molar-refractivity contribution in [2.75, 3.05) is 13.1 Å². The van der Waals surface area contributed by atoms with Crippen LogP contribution in [0.4, 0.5) is 4.39 Å². The third kappa shape index (κ3) is 2.95. The lowest BCUT2D eigenvalue weighted by Crippen LogP contribution is -2.42. The van der Waals surface area contributed by atoms with Crippen LogP contribution in [0.1, 0.15) is 23.5 Å². The van der Waals surface area contributed by atoms with Crippen LogP contribution in [0.3, 0.4) is 0 Å². The van der Waals surface area contributed by atoms with E-state index in [4.69, 9.17) is 0 Å². The molecule has 2 atom stereocenters.